The smallest absolute Gasteiger partial charge is 0.244 e. The lowest BCUT2D eigenvalue weighted by Gasteiger charge is -1.97. The summed E-state index contributed by atoms with van der Waals surface area (Å²) in [6.45, 7) is 4.96. The third-order valence-electron chi connectivity index (χ3n) is 2.39. The SMILES string of the molecule is CC[O+]=c1ssc(-c2ccccc2)c1CC. The van der Waals surface area contributed by atoms with Gasteiger partial charge < -0.3 is 0 Å². The Balaban J connectivity index is 2.55. The molecule has 3 heteroatoms. The Labute approximate surface area is 103 Å². The highest BCUT2D eigenvalue weighted by atomic mass is 32.9. The van der Waals surface area contributed by atoms with Gasteiger partial charge in [0, 0.05) is 17.3 Å². The molecule has 0 bridgehead atoms. The quantitative estimate of drug-likeness (QED) is 0.578. The number of hydrogen-bond donors (Lipinski definition) is 0. The van der Waals surface area contributed by atoms with E-state index in [1.807, 2.05) is 17.3 Å². The fourth-order valence-corrected chi connectivity index (χ4v) is 4.45. The predicted octanol–water partition coefficient (Wildman–Crippen LogP) is 3.95. The zero-order chi connectivity index (χ0) is 11.4. The minimum Gasteiger partial charge on any atom is -0.244 e. The lowest BCUT2D eigenvalue weighted by molar-refractivity contribution is 1.13. The summed E-state index contributed by atoms with van der Waals surface area (Å²) < 4.78 is 6.75. The zero-order valence-corrected chi connectivity index (χ0v) is 11.2. The summed E-state index contributed by atoms with van der Waals surface area (Å²) >= 11 is 0. The van der Waals surface area contributed by atoms with Gasteiger partial charge in [-0.1, -0.05) is 47.6 Å². The summed E-state index contributed by atoms with van der Waals surface area (Å²) in [5.74, 6) is 0. The van der Waals surface area contributed by atoms with Gasteiger partial charge in [0.15, 0.2) is 0 Å². The summed E-state index contributed by atoms with van der Waals surface area (Å²) in [5.41, 5.74) is 2.65. The normalized spacial score (nSPS) is 12.0. The van der Waals surface area contributed by atoms with Crippen molar-refractivity contribution < 1.29 is 0 Å². The van der Waals surface area contributed by atoms with Crippen molar-refractivity contribution in [3.63, 3.8) is 0 Å². The van der Waals surface area contributed by atoms with E-state index in [-0.39, 0.29) is 0 Å². The van der Waals surface area contributed by atoms with E-state index in [0.717, 1.165) is 17.8 Å². The first-order valence-corrected chi connectivity index (χ1v) is 7.65. The number of hydrogen-bond acceptors (Lipinski definition) is 2. The topological polar surface area (TPSA) is 11.3 Å². The molecule has 0 aliphatic carbocycles. The molecule has 0 spiro atoms. The minimum absolute atomic E-state index is 0.745. The molecule has 2 rings (SSSR count). The van der Waals surface area contributed by atoms with Gasteiger partial charge in [0.25, 0.3) is 6.61 Å². The van der Waals surface area contributed by atoms with E-state index >= 15 is 0 Å². The lowest BCUT2D eigenvalue weighted by atomic mass is 10.1. The standard InChI is InChI=1S/C13H15OS2/c1-3-11-12(10-8-6-5-7-9-10)15-16-13(11)14-4-2/h5-9H,3-4H2,1-2H3/q+1. The van der Waals surface area contributed by atoms with E-state index in [1.54, 1.807) is 10.3 Å². The van der Waals surface area contributed by atoms with Crippen LogP contribution < -0.4 is 4.74 Å². The maximum Gasteiger partial charge on any atom is 0.415 e. The molecule has 16 heavy (non-hydrogen) atoms. The van der Waals surface area contributed by atoms with Crippen LogP contribution in [0, 0.1) is 0 Å². The third kappa shape index (κ3) is 2.25. The van der Waals surface area contributed by atoms with Gasteiger partial charge in [-0.3, -0.25) is 0 Å². The van der Waals surface area contributed by atoms with Crippen LogP contribution in [0.1, 0.15) is 19.4 Å². The van der Waals surface area contributed by atoms with E-state index in [1.165, 1.54) is 16.0 Å². The Kier molecular flexibility index (Phi) is 3.91. The monoisotopic (exact) mass is 251 g/mol. The molecule has 1 heterocycles. The van der Waals surface area contributed by atoms with Crippen LogP contribution in [0.4, 0.5) is 0 Å². The summed E-state index contributed by atoms with van der Waals surface area (Å²) in [4.78, 5) is 1.36. The van der Waals surface area contributed by atoms with Crippen LogP contribution in [0.25, 0.3) is 10.4 Å². The van der Waals surface area contributed by atoms with Crippen LogP contribution in [0.5, 0.6) is 0 Å². The van der Waals surface area contributed by atoms with E-state index < -0.39 is 0 Å². The van der Waals surface area contributed by atoms with Gasteiger partial charge in [-0.05, 0) is 12.0 Å². The maximum absolute atomic E-state index is 5.66. The van der Waals surface area contributed by atoms with Crippen molar-refractivity contribution >= 4 is 20.7 Å². The van der Waals surface area contributed by atoms with Crippen molar-refractivity contribution in [2.24, 2.45) is 0 Å². The second-order valence-electron chi connectivity index (χ2n) is 3.41. The molecule has 0 saturated carbocycles. The Bertz CT molecular complexity index is 508. The Hall–Kier alpha value is -0.930. The molecule has 0 unspecified atom stereocenters. The summed E-state index contributed by atoms with van der Waals surface area (Å²) in [6.07, 6.45) is 1.03. The summed E-state index contributed by atoms with van der Waals surface area (Å²) in [6, 6.07) is 10.5. The van der Waals surface area contributed by atoms with Crippen LogP contribution in [-0.2, 0) is 6.42 Å². The Morgan fingerprint density at radius 3 is 2.44 bits per heavy atom. The molecule has 0 fully saturated rings. The molecule has 0 saturated heterocycles. The molecule has 0 atom stereocenters. The highest BCUT2D eigenvalue weighted by Gasteiger charge is 2.15. The Morgan fingerprint density at radius 2 is 1.81 bits per heavy atom. The van der Waals surface area contributed by atoms with E-state index in [0.29, 0.717) is 0 Å². The van der Waals surface area contributed by atoms with Crippen LogP contribution in [0.3, 0.4) is 0 Å². The largest absolute Gasteiger partial charge is 0.415 e. The fourth-order valence-electron chi connectivity index (χ4n) is 1.63. The molecular formula is C13H15OS2+. The average Bonchev–Trinajstić information content (AvgIpc) is 2.73. The van der Waals surface area contributed by atoms with E-state index in [9.17, 15) is 0 Å². The molecular weight excluding hydrogens is 236 g/mol. The Morgan fingerprint density at radius 1 is 1.06 bits per heavy atom. The number of rotatable bonds is 3. The highest BCUT2D eigenvalue weighted by molar-refractivity contribution is 7.69. The van der Waals surface area contributed by atoms with Gasteiger partial charge in [0.05, 0.1) is 10.4 Å². The first kappa shape index (κ1) is 11.6. The van der Waals surface area contributed by atoms with Gasteiger partial charge in [-0.25, -0.2) is 4.42 Å². The second kappa shape index (κ2) is 5.41. The third-order valence-corrected chi connectivity index (χ3v) is 4.84. The first-order chi connectivity index (χ1) is 7.86. The first-order valence-electron chi connectivity index (χ1n) is 5.50. The molecule has 0 radical (unpaired) electrons. The molecule has 1 aromatic heterocycles. The number of benzene rings is 1. The van der Waals surface area contributed by atoms with Crippen molar-refractivity contribution in [1.29, 1.82) is 0 Å². The van der Waals surface area contributed by atoms with Crippen LogP contribution in [0.2, 0.25) is 0 Å². The summed E-state index contributed by atoms with van der Waals surface area (Å²) in [5, 5.41) is 0. The van der Waals surface area contributed by atoms with E-state index in [2.05, 4.69) is 37.3 Å². The van der Waals surface area contributed by atoms with Gasteiger partial charge >= 0.3 is 4.74 Å². The van der Waals surface area contributed by atoms with Gasteiger partial charge in [-0.2, -0.15) is 0 Å². The van der Waals surface area contributed by atoms with Crippen LogP contribution >= 0.6 is 20.7 Å². The van der Waals surface area contributed by atoms with E-state index in [4.69, 9.17) is 4.42 Å². The second-order valence-corrected chi connectivity index (χ2v) is 5.53. The molecule has 0 aliphatic rings. The lowest BCUT2D eigenvalue weighted by Crippen LogP contribution is -2.02. The average molecular weight is 251 g/mol. The van der Waals surface area contributed by atoms with Gasteiger partial charge in [0.1, 0.15) is 0 Å². The molecule has 1 aromatic carbocycles. The van der Waals surface area contributed by atoms with Gasteiger partial charge in [0.2, 0.25) is 0 Å². The summed E-state index contributed by atoms with van der Waals surface area (Å²) in [7, 11) is 3.55. The zero-order valence-electron chi connectivity index (χ0n) is 9.53. The maximum atomic E-state index is 5.66. The van der Waals surface area contributed by atoms with Crippen molar-refractivity contribution in [3.05, 3.63) is 45.1 Å². The molecule has 0 amide bonds. The molecule has 84 valence electrons. The van der Waals surface area contributed by atoms with Crippen molar-refractivity contribution in [2.75, 3.05) is 6.61 Å². The minimum atomic E-state index is 0.745. The van der Waals surface area contributed by atoms with Crippen molar-refractivity contribution in [2.45, 2.75) is 20.3 Å². The van der Waals surface area contributed by atoms with Gasteiger partial charge in [-0.15, -0.1) is 0 Å². The molecule has 1 nitrogen and oxygen atoms in total. The van der Waals surface area contributed by atoms with Crippen molar-refractivity contribution in [3.8, 4) is 10.4 Å². The molecule has 0 aliphatic heterocycles. The predicted molar refractivity (Wildman–Crippen MR) is 73.8 cm³/mol. The molecule has 0 N–H and O–H groups in total. The fraction of sp³-hybridized carbons (Fsp3) is 0.308. The van der Waals surface area contributed by atoms with Crippen molar-refractivity contribution in [1.82, 2.24) is 0 Å². The van der Waals surface area contributed by atoms with Crippen LogP contribution in [0.15, 0.2) is 34.8 Å². The molecule has 2 aromatic rings. The van der Waals surface area contributed by atoms with Crippen LogP contribution in [-0.4, -0.2) is 6.61 Å². The highest BCUT2D eigenvalue weighted by Crippen LogP contribution is 2.29.